The lowest BCUT2D eigenvalue weighted by Crippen LogP contribution is -2.33. The minimum Gasteiger partial charge on any atom is -0.508 e. The Hall–Kier alpha value is -1.84. The van der Waals surface area contributed by atoms with Crippen molar-refractivity contribution in [2.24, 2.45) is 0 Å². The standard InChI is InChI=1S/C18H23NO2/c1-13-12-16(20)8-9-17(13)18(21)14(2)19-11-10-15-6-4-3-5-7-15/h3-9,12,14,18-21H,10-11H2,1-2H3. The average Bonchev–Trinajstić information content (AvgIpc) is 2.47. The molecule has 21 heavy (non-hydrogen) atoms. The van der Waals surface area contributed by atoms with Gasteiger partial charge in [0.15, 0.2) is 0 Å². The normalized spacial score (nSPS) is 13.9. The maximum Gasteiger partial charge on any atom is 0.115 e. The van der Waals surface area contributed by atoms with Gasteiger partial charge in [-0.05, 0) is 55.6 Å². The molecule has 2 aromatic rings. The van der Waals surface area contributed by atoms with Crippen molar-refractivity contribution in [2.75, 3.05) is 6.54 Å². The molecular weight excluding hydrogens is 262 g/mol. The quantitative estimate of drug-likeness (QED) is 0.765. The van der Waals surface area contributed by atoms with Crippen LogP contribution in [0.25, 0.3) is 0 Å². The predicted molar refractivity (Wildman–Crippen MR) is 85.4 cm³/mol. The van der Waals surface area contributed by atoms with Crippen LogP contribution in [0.15, 0.2) is 48.5 Å². The molecule has 0 fully saturated rings. The number of hydrogen-bond acceptors (Lipinski definition) is 3. The van der Waals surface area contributed by atoms with Gasteiger partial charge >= 0.3 is 0 Å². The topological polar surface area (TPSA) is 52.5 Å². The maximum absolute atomic E-state index is 10.4. The second kappa shape index (κ2) is 7.25. The van der Waals surface area contributed by atoms with Crippen LogP contribution in [0.5, 0.6) is 5.75 Å². The third-order valence-corrected chi connectivity index (χ3v) is 3.77. The van der Waals surface area contributed by atoms with Gasteiger partial charge in [-0.3, -0.25) is 0 Å². The summed E-state index contributed by atoms with van der Waals surface area (Å²) in [7, 11) is 0. The monoisotopic (exact) mass is 285 g/mol. The summed E-state index contributed by atoms with van der Waals surface area (Å²) in [5.41, 5.74) is 3.04. The first-order valence-corrected chi connectivity index (χ1v) is 7.33. The molecule has 3 heteroatoms. The summed E-state index contributed by atoms with van der Waals surface area (Å²) in [4.78, 5) is 0. The van der Waals surface area contributed by atoms with Gasteiger partial charge in [-0.1, -0.05) is 36.4 Å². The number of aryl methyl sites for hydroxylation is 1. The molecule has 0 aromatic heterocycles. The zero-order valence-electron chi connectivity index (χ0n) is 12.6. The summed E-state index contributed by atoms with van der Waals surface area (Å²) < 4.78 is 0. The van der Waals surface area contributed by atoms with Crippen LogP contribution >= 0.6 is 0 Å². The first kappa shape index (κ1) is 15.5. The Bertz CT molecular complexity index is 569. The molecule has 112 valence electrons. The highest BCUT2D eigenvalue weighted by atomic mass is 16.3. The Balaban J connectivity index is 1.89. The summed E-state index contributed by atoms with van der Waals surface area (Å²) in [6.45, 7) is 4.69. The first-order valence-electron chi connectivity index (χ1n) is 7.33. The number of aliphatic hydroxyl groups is 1. The van der Waals surface area contributed by atoms with E-state index in [1.54, 1.807) is 18.2 Å². The molecule has 2 unspecified atom stereocenters. The van der Waals surface area contributed by atoms with Crippen LogP contribution in [0, 0.1) is 6.92 Å². The van der Waals surface area contributed by atoms with E-state index in [2.05, 4.69) is 17.4 Å². The number of phenols is 1. The molecule has 2 aromatic carbocycles. The second-order valence-corrected chi connectivity index (χ2v) is 5.46. The fourth-order valence-corrected chi connectivity index (χ4v) is 2.46. The van der Waals surface area contributed by atoms with Gasteiger partial charge in [0.1, 0.15) is 5.75 Å². The van der Waals surface area contributed by atoms with E-state index in [-0.39, 0.29) is 11.8 Å². The zero-order chi connectivity index (χ0) is 15.2. The highest BCUT2D eigenvalue weighted by Gasteiger charge is 2.17. The van der Waals surface area contributed by atoms with E-state index >= 15 is 0 Å². The first-order chi connectivity index (χ1) is 10.1. The SMILES string of the molecule is Cc1cc(O)ccc1C(O)C(C)NCCc1ccccc1. The third kappa shape index (κ3) is 4.31. The van der Waals surface area contributed by atoms with Crippen LogP contribution in [0.1, 0.15) is 29.7 Å². The van der Waals surface area contributed by atoms with E-state index in [1.165, 1.54) is 5.56 Å². The van der Waals surface area contributed by atoms with Gasteiger partial charge in [0.25, 0.3) is 0 Å². The van der Waals surface area contributed by atoms with Crippen molar-refractivity contribution in [1.82, 2.24) is 5.32 Å². The van der Waals surface area contributed by atoms with E-state index in [1.807, 2.05) is 32.0 Å². The minimum atomic E-state index is -0.582. The molecule has 0 spiro atoms. The highest BCUT2D eigenvalue weighted by Crippen LogP contribution is 2.24. The molecule has 0 radical (unpaired) electrons. The molecule has 0 aliphatic rings. The molecule has 0 heterocycles. The molecule has 2 atom stereocenters. The number of aromatic hydroxyl groups is 1. The van der Waals surface area contributed by atoms with E-state index in [9.17, 15) is 10.2 Å². The van der Waals surface area contributed by atoms with Gasteiger partial charge in [-0.15, -0.1) is 0 Å². The van der Waals surface area contributed by atoms with Gasteiger partial charge < -0.3 is 15.5 Å². The lowest BCUT2D eigenvalue weighted by atomic mass is 9.98. The van der Waals surface area contributed by atoms with Crippen molar-refractivity contribution in [3.8, 4) is 5.75 Å². The molecule has 0 amide bonds. The molecule has 3 N–H and O–H groups in total. The molecule has 2 rings (SSSR count). The molecular formula is C18H23NO2. The second-order valence-electron chi connectivity index (χ2n) is 5.46. The number of hydrogen-bond donors (Lipinski definition) is 3. The summed E-state index contributed by atoms with van der Waals surface area (Å²) in [6.07, 6.45) is 0.355. The van der Waals surface area contributed by atoms with Gasteiger partial charge in [0.2, 0.25) is 0 Å². The van der Waals surface area contributed by atoms with Gasteiger partial charge in [0, 0.05) is 6.04 Å². The number of rotatable bonds is 6. The number of aliphatic hydroxyl groups excluding tert-OH is 1. The Morgan fingerprint density at radius 2 is 1.81 bits per heavy atom. The molecule has 0 bridgehead atoms. The lowest BCUT2D eigenvalue weighted by Gasteiger charge is -2.22. The third-order valence-electron chi connectivity index (χ3n) is 3.77. The molecule has 0 saturated carbocycles. The van der Waals surface area contributed by atoms with Crippen LogP contribution < -0.4 is 5.32 Å². The van der Waals surface area contributed by atoms with E-state index in [0.717, 1.165) is 24.1 Å². The van der Waals surface area contributed by atoms with E-state index < -0.39 is 6.10 Å². The Kier molecular flexibility index (Phi) is 5.37. The van der Waals surface area contributed by atoms with Crippen LogP contribution in [0.4, 0.5) is 0 Å². The highest BCUT2D eigenvalue weighted by molar-refractivity contribution is 5.35. The predicted octanol–water partition coefficient (Wildman–Crippen LogP) is 2.95. The fourth-order valence-electron chi connectivity index (χ4n) is 2.46. The summed E-state index contributed by atoms with van der Waals surface area (Å²) >= 11 is 0. The van der Waals surface area contributed by atoms with Crippen LogP contribution in [-0.4, -0.2) is 22.8 Å². The number of phenolic OH excluding ortho intramolecular Hbond substituents is 1. The van der Waals surface area contributed by atoms with Gasteiger partial charge in [-0.2, -0.15) is 0 Å². The van der Waals surface area contributed by atoms with Crippen molar-refractivity contribution < 1.29 is 10.2 Å². The Morgan fingerprint density at radius 3 is 2.48 bits per heavy atom. The molecule has 0 aliphatic carbocycles. The lowest BCUT2D eigenvalue weighted by molar-refractivity contribution is 0.136. The maximum atomic E-state index is 10.4. The number of nitrogens with one attached hydrogen (secondary N) is 1. The van der Waals surface area contributed by atoms with Crippen LogP contribution in [0.3, 0.4) is 0 Å². The minimum absolute atomic E-state index is 0.0445. The Morgan fingerprint density at radius 1 is 1.10 bits per heavy atom. The van der Waals surface area contributed by atoms with Crippen molar-refractivity contribution in [3.05, 3.63) is 65.2 Å². The van der Waals surface area contributed by atoms with Gasteiger partial charge in [-0.25, -0.2) is 0 Å². The van der Waals surface area contributed by atoms with Crippen molar-refractivity contribution in [1.29, 1.82) is 0 Å². The number of benzene rings is 2. The smallest absolute Gasteiger partial charge is 0.115 e. The summed E-state index contributed by atoms with van der Waals surface area (Å²) in [6, 6.07) is 15.3. The average molecular weight is 285 g/mol. The van der Waals surface area contributed by atoms with Crippen LogP contribution in [-0.2, 0) is 6.42 Å². The van der Waals surface area contributed by atoms with Crippen molar-refractivity contribution in [2.45, 2.75) is 32.4 Å². The van der Waals surface area contributed by atoms with Crippen molar-refractivity contribution >= 4 is 0 Å². The zero-order valence-corrected chi connectivity index (χ0v) is 12.6. The molecule has 0 saturated heterocycles. The summed E-state index contributed by atoms with van der Waals surface area (Å²) in [5, 5.41) is 23.2. The molecule has 0 aliphatic heterocycles. The van der Waals surface area contributed by atoms with E-state index in [0.29, 0.717) is 0 Å². The van der Waals surface area contributed by atoms with Crippen LogP contribution in [0.2, 0.25) is 0 Å². The fraction of sp³-hybridized carbons (Fsp3) is 0.333. The van der Waals surface area contributed by atoms with Gasteiger partial charge in [0.05, 0.1) is 6.10 Å². The van der Waals surface area contributed by atoms with Crippen molar-refractivity contribution in [3.63, 3.8) is 0 Å². The largest absolute Gasteiger partial charge is 0.508 e. The molecule has 3 nitrogen and oxygen atoms in total. The Labute approximate surface area is 126 Å². The summed E-state index contributed by atoms with van der Waals surface area (Å²) in [5.74, 6) is 0.230. The van der Waals surface area contributed by atoms with E-state index in [4.69, 9.17) is 0 Å².